The average molecular weight is 554 g/mol. The lowest BCUT2D eigenvalue weighted by Gasteiger charge is -2.34. The Kier molecular flexibility index (Phi) is 12.6. The Hall–Kier alpha value is -3.88. The van der Waals surface area contributed by atoms with Crippen LogP contribution in [0.4, 0.5) is 4.79 Å². The van der Waals surface area contributed by atoms with Crippen molar-refractivity contribution in [2.75, 3.05) is 19.7 Å². The number of nitrogens with one attached hydrogen (secondary N) is 2. The predicted molar refractivity (Wildman–Crippen MR) is 154 cm³/mol. The first-order valence-corrected chi connectivity index (χ1v) is 13.8. The van der Waals surface area contributed by atoms with Crippen LogP contribution in [-0.4, -0.2) is 60.1 Å². The number of amides is 3. The normalized spacial score (nSPS) is 12.6. The van der Waals surface area contributed by atoms with Crippen molar-refractivity contribution in [2.45, 2.75) is 78.5 Å². The molecular formula is C31H43N3O6. The van der Waals surface area contributed by atoms with E-state index in [-0.39, 0.29) is 32.5 Å². The zero-order valence-electron chi connectivity index (χ0n) is 24.5. The monoisotopic (exact) mass is 553 g/mol. The fourth-order valence-electron chi connectivity index (χ4n) is 4.19. The molecule has 9 heteroatoms. The molecule has 0 saturated carbocycles. The number of ether oxygens (including phenoxy) is 2. The maximum Gasteiger partial charge on any atom is 0.408 e. The van der Waals surface area contributed by atoms with Crippen LogP contribution in [-0.2, 0) is 36.7 Å². The Morgan fingerprint density at radius 3 is 2.10 bits per heavy atom. The highest BCUT2D eigenvalue weighted by Gasteiger charge is 2.35. The van der Waals surface area contributed by atoms with Crippen molar-refractivity contribution >= 4 is 23.9 Å². The molecule has 2 aromatic carbocycles. The van der Waals surface area contributed by atoms with E-state index in [4.69, 9.17) is 9.47 Å². The minimum atomic E-state index is -0.984. The van der Waals surface area contributed by atoms with Gasteiger partial charge in [0.25, 0.3) is 0 Å². The summed E-state index contributed by atoms with van der Waals surface area (Å²) in [6.07, 6.45) is 0.325. The van der Waals surface area contributed by atoms with Crippen LogP contribution in [0.3, 0.4) is 0 Å². The summed E-state index contributed by atoms with van der Waals surface area (Å²) >= 11 is 0. The van der Waals surface area contributed by atoms with Crippen molar-refractivity contribution < 1.29 is 28.7 Å². The highest BCUT2D eigenvalue weighted by atomic mass is 16.6. The van der Waals surface area contributed by atoms with E-state index in [1.807, 2.05) is 61.5 Å². The summed E-state index contributed by atoms with van der Waals surface area (Å²) < 4.78 is 10.4. The Labute approximate surface area is 237 Å². The summed E-state index contributed by atoms with van der Waals surface area (Å²) in [4.78, 5) is 53.7. The molecule has 9 nitrogen and oxygen atoms in total. The molecule has 2 aromatic rings. The molecule has 0 aliphatic rings. The molecule has 2 unspecified atom stereocenters. The van der Waals surface area contributed by atoms with Gasteiger partial charge in [-0.3, -0.25) is 14.4 Å². The molecule has 40 heavy (non-hydrogen) atoms. The SMILES string of the molecule is CCOC(=O)CCNC(=O)C(c1ccc(CC)cc1)N(CC)C(=O)C(Cc1ccccc1)NC(=O)OC(C)(C)C. The number of benzene rings is 2. The highest BCUT2D eigenvalue weighted by Crippen LogP contribution is 2.24. The van der Waals surface area contributed by atoms with Gasteiger partial charge in [0.2, 0.25) is 11.8 Å². The van der Waals surface area contributed by atoms with Gasteiger partial charge in [-0.2, -0.15) is 0 Å². The number of aryl methyl sites for hydroxylation is 1. The summed E-state index contributed by atoms with van der Waals surface area (Å²) in [6.45, 7) is 11.3. The summed E-state index contributed by atoms with van der Waals surface area (Å²) in [5.74, 6) is -1.28. The van der Waals surface area contributed by atoms with E-state index < -0.39 is 41.6 Å². The molecule has 218 valence electrons. The van der Waals surface area contributed by atoms with Crippen LogP contribution < -0.4 is 10.6 Å². The minimum Gasteiger partial charge on any atom is -0.466 e. The molecule has 0 saturated heterocycles. The quantitative estimate of drug-likeness (QED) is 0.357. The van der Waals surface area contributed by atoms with Crippen LogP contribution in [0.1, 0.15) is 70.7 Å². The molecule has 0 bridgehead atoms. The first-order chi connectivity index (χ1) is 19.0. The van der Waals surface area contributed by atoms with Crippen molar-refractivity contribution in [3.63, 3.8) is 0 Å². The average Bonchev–Trinajstić information content (AvgIpc) is 2.90. The number of likely N-dealkylation sites (N-methyl/N-ethyl adjacent to an activating group) is 1. The number of nitrogens with zero attached hydrogens (tertiary/aromatic N) is 1. The summed E-state index contributed by atoms with van der Waals surface area (Å²) in [7, 11) is 0. The Morgan fingerprint density at radius 1 is 0.900 bits per heavy atom. The second-order valence-electron chi connectivity index (χ2n) is 10.4. The number of hydrogen-bond donors (Lipinski definition) is 2. The lowest BCUT2D eigenvalue weighted by atomic mass is 9.99. The van der Waals surface area contributed by atoms with Crippen molar-refractivity contribution in [3.05, 3.63) is 71.3 Å². The van der Waals surface area contributed by atoms with Gasteiger partial charge in [-0.25, -0.2) is 4.79 Å². The lowest BCUT2D eigenvalue weighted by molar-refractivity contribution is -0.144. The molecule has 0 heterocycles. The molecule has 0 fully saturated rings. The van der Waals surface area contributed by atoms with Gasteiger partial charge < -0.3 is 25.0 Å². The summed E-state index contributed by atoms with van der Waals surface area (Å²) in [6, 6.07) is 14.9. The Morgan fingerprint density at radius 2 is 1.55 bits per heavy atom. The van der Waals surface area contributed by atoms with E-state index in [1.54, 1.807) is 34.6 Å². The van der Waals surface area contributed by atoms with Crippen molar-refractivity contribution in [1.82, 2.24) is 15.5 Å². The van der Waals surface area contributed by atoms with E-state index >= 15 is 0 Å². The standard InChI is InChI=1S/C31H43N3O6/c1-7-22-15-17-24(18-16-22)27(28(36)32-20-19-26(35)39-9-3)34(8-2)29(37)25(21-23-13-11-10-12-14-23)33-30(38)40-31(4,5)6/h10-18,25,27H,7-9,19-21H2,1-6H3,(H,32,36)(H,33,38). The summed E-state index contributed by atoms with van der Waals surface area (Å²) in [5, 5.41) is 5.51. The number of rotatable bonds is 13. The van der Waals surface area contributed by atoms with Gasteiger partial charge in [0.1, 0.15) is 17.7 Å². The predicted octanol–water partition coefficient (Wildman–Crippen LogP) is 4.34. The third-order valence-corrected chi connectivity index (χ3v) is 6.09. The van der Waals surface area contributed by atoms with Crippen LogP contribution in [0.15, 0.2) is 54.6 Å². The molecule has 0 spiro atoms. The van der Waals surface area contributed by atoms with Gasteiger partial charge in [-0.15, -0.1) is 0 Å². The fraction of sp³-hybridized carbons (Fsp3) is 0.484. The molecule has 3 amide bonds. The van der Waals surface area contributed by atoms with Gasteiger partial charge in [0.05, 0.1) is 13.0 Å². The molecular weight excluding hydrogens is 510 g/mol. The number of hydrogen-bond acceptors (Lipinski definition) is 6. The second-order valence-corrected chi connectivity index (χ2v) is 10.4. The van der Waals surface area contributed by atoms with Crippen LogP contribution >= 0.6 is 0 Å². The topological polar surface area (TPSA) is 114 Å². The van der Waals surface area contributed by atoms with Crippen molar-refractivity contribution in [1.29, 1.82) is 0 Å². The lowest BCUT2D eigenvalue weighted by Crippen LogP contribution is -2.53. The van der Waals surface area contributed by atoms with Gasteiger partial charge in [-0.1, -0.05) is 61.5 Å². The van der Waals surface area contributed by atoms with Gasteiger partial charge >= 0.3 is 12.1 Å². The fourth-order valence-corrected chi connectivity index (χ4v) is 4.19. The van der Waals surface area contributed by atoms with Gasteiger partial charge in [0.15, 0.2) is 0 Å². The minimum absolute atomic E-state index is 0.0119. The third kappa shape index (κ3) is 10.4. The van der Waals surface area contributed by atoms with E-state index in [2.05, 4.69) is 10.6 Å². The number of carbonyl (C=O) groups is 4. The number of alkyl carbamates (subject to hydrolysis) is 1. The van der Waals surface area contributed by atoms with E-state index in [0.717, 1.165) is 17.5 Å². The van der Waals surface area contributed by atoms with E-state index in [9.17, 15) is 19.2 Å². The van der Waals surface area contributed by atoms with Gasteiger partial charge in [0, 0.05) is 19.5 Å². The smallest absolute Gasteiger partial charge is 0.408 e. The van der Waals surface area contributed by atoms with Crippen LogP contribution in [0, 0.1) is 0 Å². The number of esters is 1. The maximum absolute atomic E-state index is 14.1. The molecule has 0 aliphatic carbocycles. The maximum atomic E-state index is 14.1. The van der Waals surface area contributed by atoms with Crippen LogP contribution in [0.25, 0.3) is 0 Å². The third-order valence-electron chi connectivity index (χ3n) is 6.09. The first-order valence-electron chi connectivity index (χ1n) is 13.8. The Bertz CT molecular complexity index is 1110. The molecule has 2 N–H and O–H groups in total. The first kappa shape index (κ1) is 32.3. The zero-order valence-corrected chi connectivity index (χ0v) is 24.5. The van der Waals surface area contributed by atoms with Gasteiger partial charge in [-0.05, 0) is 57.7 Å². The molecule has 2 atom stereocenters. The Balaban J connectivity index is 2.41. The largest absolute Gasteiger partial charge is 0.466 e. The van der Waals surface area contributed by atoms with E-state index in [1.165, 1.54) is 4.90 Å². The van der Waals surface area contributed by atoms with Crippen LogP contribution in [0.5, 0.6) is 0 Å². The molecule has 2 rings (SSSR count). The van der Waals surface area contributed by atoms with Crippen LogP contribution in [0.2, 0.25) is 0 Å². The number of carbonyl (C=O) groups excluding carboxylic acids is 4. The second kappa shape index (κ2) is 15.6. The molecule has 0 radical (unpaired) electrons. The van der Waals surface area contributed by atoms with Crippen molar-refractivity contribution in [2.24, 2.45) is 0 Å². The zero-order chi connectivity index (χ0) is 29.7. The summed E-state index contributed by atoms with van der Waals surface area (Å²) in [5.41, 5.74) is 1.80. The van der Waals surface area contributed by atoms with E-state index in [0.29, 0.717) is 5.56 Å². The van der Waals surface area contributed by atoms with Crippen molar-refractivity contribution in [3.8, 4) is 0 Å². The molecule has 0 aliphatic heterocycles. The highest BCUT2D eigenvalue weighted by molar-refractivity contribution is 5.92. The molecule has 0 aromatic heterocycles.